The van der Waals surface area contributed by atoms with Crippen molar-refractivity contribution in [2.45, 2.75) is 38.5 Å². The van der Waals surface area contributed by atoms with Crippen LogP contribution in [0, 0.1) is 6.92 Å². The van der Waals surface area contributed by atoms with Gasteiger partial charge in [0.05, 0.1) is 17.2 Å². The highest BCUT2D eigenvalue weighted by molar-refractivity contribution is 7.46. The molecule has 1 aliphatic carbocycles. The molecule has 0 spiro atoms. The van der Waals surface area contributed by atoms with Crippen LogP contribution in [0.25, 0.3) is 21.0 Å². The Kier molecular flexibility index (Phi) is 6.72. The van der Waals surface area contributed by atoms with Gasteiger partial charge in [0.1, 0.15) is 5.01 Å². The summed E-state index contributed by atoms with van der Waals surface area (Å²) in [7, 11) is -4.41. The molecule has 31 heavy (non-hydrogen) atoms. The molecule has 4 N–H and O–H groups in total. The SMILES string of the molecule is Cc1ccc(-c2nc3c(s2)-c2ccc([C@H](CN)CCCOP(=O)(O)O)cc2CC3)cc1. The lowest BCUT2D eigenvalue weighted by Crippen LogP contribution is -2.14. The number of aromatic nitrogens is 1. The Morgan fingerprint density at radius 3 is 2.68 bits per heavy atom. The molecule has 164 valence electrons. The van der Waals surface area contributed by atoms with E-state index in [0.717, 1.165) is 29.8 Å². The Balaban J connectivity index is 1.52. The average molecular weight is 459 g/mol. The molecule has 0 radical (unpaired) electrons. The lowest BCUT2D eigenvalue weighted by molar-refractivity contribution is 0.192. The second kappa shape index (κ2) is 9.33. The van der Waals surface area contributed by atoms with Crippen LogP contribution in [0.1, 0.15) is 41.1 Å². The van der Waals surface area contributed by atoms with Gasteiger partial charge in [-0.1, -0.05) is 48.0 Å². The summed E-state index contributed by atoms with van der Waals surface area (Å²) in [6.45, 7) is 2.60. The number of nitrogens with zero attached hydrogens (tertiary/aromatic N) is 1. The van der Waals surface area contributed by atoms with Gasteiger partial charge in [-0.2, -0.15) is 0 Å². The molecule has 0 aliphatic heterocycles. The van der Waals surface area contributed by atoms with Crippen LogP contribution in [0.5, 0.6) is 0 Å². The maximum Gasteiger partial charge on any atom is 0.469 e. The summed E-state index contributed by atoms with van der Waals surface area (Å²) in [5, 5.41) is 1.06. The van der Waals surface area contributed by atoms with E-state index in [1.54, 1.807) is 11.3 Å². The third-order valence-corrected chi connectivity index (χ3v) is 7.41. The predicted molar refractivity (Wildman–Crippen MR) is 124 cm³/mol. The van der Waals surface area contributed by atoms with Crippen molar-refractivity contribution in [2.24, 2.45) is 5.73 Å². The molecular weight excluding hydrogens is 431 g/mol. The van der Waals surface area contributed by atoms with Gasteiger partial charge in [-0.15, -0.1) is 11.3 Å². The third-order valence-electron chi connectivity index (χ3n) is 5.71. The lowest BCUT2D eigenvalue weighted by atomic mass is 9.87. The van der Waals surface area contributed by atoms with Crippen LogP contribution in [-0.2, 0) is 21.9 Å². The van der Waals surface area contributed by atoms with E-state index < -0.39 is 7.82 Å². The van der Waals surface area contributed by atoms with Crippen molar-refractivity contribution in [2.75, 3.05) is 13.2 Å². The summed E-state index contributed by atoms with van der Waals surface area (Å²) in [6.07, 6.45) is 3.14. The highest BCUT2D eigenvalue weighted by Gasteiger charge is 2.23. The third kappa shape index (κ3) is 5.32. The molecule has 0 saturated carbocycles. The lowest BCUT2D eigenvalue weighted by Gasteiger charge is -2.20. The monoisotopic (exact) mass is 458 g/mol. The van der Waals surface area contributed by atoms with Gasteiger partial charge >= 0.3 is 7.82 Å². The number of phosphoric ester groups is 1. The van der Waals surface area contributed by atoms with Gasteiger partial charge in [-0.3, -0.25) is 4.52 Å². The molecule has 1 heterocycles. The molecule has 8 heteroatoms. The summed E-state index contributed by atoms with van der Waals surface area (Å²) in [5.74, 6) is 0.136. The molecular formula is C23H27N2O4PS. The van der Waals surface area contributed by atoms with Crippen molar-refractivity contribution in [3.8, 4) is 21.0 Å². The molecule has 2 aromatic carbocycles. The minimum atomic E-state index is -4.41. The van der Waals surface area contributed by atoms with Crippen LogP contribution in [0.4, 0.5) is 0 Å². The number of hydrogen-bond acceptors (Lipinski definition) is 5. The molecule has 0 unspecified atom stereocenters. The van der Waals surface area contributed by atoms with Crippen molar-refractivity contribution in [1.29, 1.82) is 0 Å². The number of fused-ring (bicyclic) bond motifs is 3. The Morgan fingerprint density at radius 1 is 1.19 bits per heavy atom. The zero-order valence-corrected chi connectivity index (χ0v) is 19.2. The van der Waals surface area contributed by atoms with Gasteiger partial charge < -0.3 is 15.5 Å². The summed E-state index contributed by atoms with van der Waals surface area (Å²) in [6, 6.07) is 15.0. The maximum absolute atomic E-state index is 10.8. The number of rotatable bonds is 8. The first-order valence-corrected chi connectivity index (χ1v) is 12.8. The quantitative estimate of drug-likeness (QED) is 0.330. The van der Waals surface area contributed by atoms with Gasteiger partial charge in [0.2, 0.25) is 0 Å². The highest BCUT2D eigenvalue weighted by Crippen LogP contribution is 2.42. The molecule has 0 bridgehead atoms. The largest absolute Gasteiger partial charge is 0.469 e. The smallest absolute Gasteiger partial charge is 0.330 e. The van der Waals surface area contributed by atoms with Gasteiger partial charge in [0, 0.05) is 5.56 Å². The normalized spacial score (nSPS) is 14.2. The zero-order valence-electron chi connectivity index (χ0n) is 17.5. The number of hydrogen-bond donors (Lipinski definition) is 3. The average Bonchev–Trinajstić information content (AvgIpc) is 3.18. The predicted octanol–water partition coefficient (Wildman–Crippen LogP) is 4.82. The van der Waals surface area contributed by atoms with Gasteiger partial charge in [-0.05, 0) is 61.8 Å². The first-order chi connectivity index (χ1) is 14.8. The number of benzene rings is 2. The van der Waals surface area contributed by atoms with Crippen molar-refractivity contribution in [1.82, 2.24) is 4.98 Å². The van der Waals surface area contributed by atoms with Crippen LogP contribution >= 0.6 is 19.2 Å². The standard InChI is InChI=1S/C23H27N2O4PS/c1-15-4-6-16(7-5-15)23-25-21-11-9-18-13-17(8-10-20(18)22(21)31-23)19(14-24)3-2-12-29-30(26,27)28/h4-8,10,13,19H,2-3,9,11-12,14,24H2,1H3,(H2,26,27,28)/t19-/m0/s1. The molecule has 4 rings (SSSR count). The number of aryl methyl sites for hydroxylation is 3. The van der Waals surface area contributed by atoms with Crippen molar-refractivity contribution < 1.29 is 18.9 Å². The molecule has 1 aromatic heterocycles. The summed E-state index contributed by atoms with van der Waals surface area (Å²) in [4.78, 5) is 23.8. The van der Waals surface area contributed by atoms with E-state index >= 15 is 0 Å². The van der Waals surface area contributed by atoms with E-state index in [0.29, 0.717) is 13.0 Å². The number of phosphoric acid groups is 1. The first-order valence-electron chi connectivity index (χ1n) is 10.4. The maximum atomic E-state index is 10.8. The fourth-order valence-corrected chi connectivity index (χ4v) is 5.58. The fraction of sp³-hybridized carbons (Fsp3) is 0.348. The van der Waals surface area contributed by atoms with E-state index in [-0.39, 0.29) is 12.5 Å². The summed E-state index contributed by atoms with van der Waals surface area (Å²) < 4.78 is 15.4. The van der Waals surface area contributed by atoms with E-state index in [9.17, 15) is 4.57 Å². The van der Waals surface area contributed by atoms with E-state index in [4.69, 9.17) is 20.5 Å². The Hall–Kier alpha value is -1.86. The minimum Gasteiger partial charge on any atom is -0.330 e. The second-order valence-electron chi connectivity index (χ2n) is 7.98. The number of thiazole rings is 1. The molecule has 0 saturated heterocycles. The van der Waals surface area contributed by atoms with Crippen LogP contribution in [0.15, 0.2) is 42.5 Å². The van der Waals surface area contributed by atoms with Gasteiger partial charge in [0.15, 0.2) is 0 Å². The minimum absolute atomic E-state index is 0.0255. The molecule has 1 aliphatic rings. The first kappa shape index (κ1) is 22.3. The van der Waals surface area contributed by atoms with Crippen molar-refractivity contribution in [3.05, 3.63) is 64.8 Å². The molecule has 1 atom stereocenters. The molecule has 0 fully saturated rings. The van der Waals surface area contributed by atoms with E-state index in [1.165, 1.54) is 32.8 Å². The van der Waals surface area contributed by atoms with Crippen LogP contribution in [0.3, 0.4) is 0 Å². The Morgan fingerprint density at radius 2 is 1.97 bits per heavy atom. The van der Waals surface area contributed by atoms with Crippen LogP contribution < -0.4 is 5.73 Å². The van der Waals surface area contributed by atoms with Crippen molar-refractivity contribution in [3.63, 3.8) is 0 Å². The Bertz CT molecular complexity index is 1110. The van der Waals surface area contributed by atoms with Crippen LogP contribution in [-0.4, -0.2) is 27.9 Å². The van der Waals surface area contributed by atoms with Crippen molar-refractivity contribution >= 4 is 19.2 Å². The second-order valence-corrected chi connectivity index (χ2v) is 10.2. The van der Waals surface area contributed by atoms with E-state index in [2.05, 4.69) is 53.9 Å². The topological polar surface area (TPSA) is 106 Å². The Labute approximate surface area is 186 Å². The van der Waals surface area contributed by atoms with E-state index in [1.807, 2.05) is 0 Å². The summed E-state index contributed by atoms with van der Waals surface area (Å²) >= 11 is 1.75. The highest BCUT2D eigenvalue weighted by atomic mass is 32.1. The van der Waals surface area contributed by atoms with Crippen LogP contribution in [0.2, 0.25) is 0 Å². The molecule has 6 nitrogen and oxygen atoms in total. The van der Waals surface area contributed by atoms with Gasteiger partial charge in [0.25, 0.3) is 0 Å². The molecule has 0 amide bonds. The number of nitrogens with two attached hydrogens (primary N) is 1. The zero-order chi connectivity index (χ0) is 22.0. The molecule has 3 aromatic rings. The van der Waals surface area contributed by atoms with Gasteiger partial charge in [-0.25, -0.2) is 9.55 Å². The summed E-state index contributed by atoms with van der Waals surface area (Å²) in [5.41, 5.74) is 13.3. The fourth-order valence-electron chi connectivity index (χ4n) is 4.03.